The fraction of sp³-hybridized carbons (Fsp3) is 0.182. The van der Waals surface area contributed by atoms with E-state index >= 15 is 0 Å². The molecule has 6 rings (SSSR count). The Hall–Kier alpha value is -4.69. The molecule has 8 heteroatoms. The maximum atomic E-state index is 13.2. The molecule has 3 heterocycles. The molecule has 1 amide bonds. The van der Waals surface area contributed by atoms with Gasteiger partial charge in [-0.1, -0.05) is 42.5 Å². The zero-order chi connectivity index (χ0) is 28.3. The number of carbonyl (C=O) groups is 1. The number of nitrogens with zero attached hydrogens (tertiary/aromatic N) is 4. The van der Waals surface area contributed by atoms with Gasteiger partial charge in [-0.15, -0.1) is 0 Å². The molecule has 0 spiro atoms. The van der Waals surface area contributed by atoms with Crippen molar-refractivity contribution in [2.45, 2.75) is 18.5 Å². The summed E-state index contributed by atoms with van der Waals surface area (Å²) in [5.41, 5.74) is 4.98. The first-order valence-corrected chi connectivity index (χ1v) is 14.1. The Morgan fingerprint density at radius 2 is 1.73 bits per heavy atom. The van der Waals surface area contributed by atoms with E-state index in [1.165, 1.54) is 0 Å². The van der Waals surface area contributed by atoms with Crippen LogP contribution in [0.5, 0.6) is 0 Å². The predicted octanol–water partition coefficient (Wildman–Crippen LogP) is 6.09. The molecule has 206 valence electrons. The standard InChI is InChI=1S/C33H32N6OS/c1-37(2)24-15-17-25(18-16-24)38-21-8-14-29(38)32-31(28-12-5-6-20-34-28)36-33(41)39(32)22-19-30(40)35-27-13-7-10-23-9-3-4-11-26(23)27/h3-18,20-21,31-32H,19,22H2,1-2H3,(H,35,40)(H,36,41). The first-order chi connectivity index (χ1) is 20.0. The highest BCUT2D eigenvalue weighted by Crippen LogP contribution is 2.39. The van der Waals surface area contributed by atoms with Crippen molar-refractivity contribution in [3.63, 3.8) is 0 Å². The average Bonchev–Trinajstić information content (AvgIpc) is 3.61. The van der Waals surface area contributed by atoms with Gasteiger partial charge in [-0.3, -0.25) is 9.78 Å². The molecule has 1 saturated heterocycles. The second-order valence-corrected chi connectivity index (χ2v) is 10.7. The second kappa shape index (κ2) is 11.4. The van der Waals surface area contributed by atoms with Gasteiger partial charge in [-0.05, 0) is 72.2 Å². The van der Waals surface area contributed by atoms with E-state index in [-0.39, 0.29) is 24.4 Å². The first kappa shape index (κ1) is 26.5. The molecular formula is C33H32N6OS. The van der Waals surface area contributed by atoms with Gasteiger partial charge in [-0.2, -0.15) is 0 Å². The monoisotopic (exact) mass is 560 g/mol. The molecule has 5 aromatic rings. The summed E-state index contributed by atoms with van der Waals surface area (Å²) in [7, 11) is 4.07. The van der Waals surface area contributed by atoms with Crippen LogP contribution >= 0.6 is 12.2 Å². The maximum absolute atomic E-state index is 13.2. The van der Waals surface area contributed by atoms with E-state index in [1.54, 1.807) is 6.20 Å². The molecular weight excluding hydrogens is 528 g/mol. The normalized spacial score (nSPS) is 16.5. The number of rotatable bonds is 8. The number of anilines is 2. The van der Waals surface area contributed by atoms with Crippen molar-refractivity contribution in [1.82, 2.24) is 19.8 Å². The average molecular weight is 561 g/mol. The number of benzene rings is 3. The van der Waals surface area contributed by atoms with Crippen LogP contribution in [-0.2, 0) is 4.79 Å². The SMILES string of the molecule is CN(C)c1ccc(-n2cccc2C2C(c3ccccn3)NC(=S)N2CCC(=O)Nc2cccc3ccccc23)cc1. The number of hydrogen-bond acceptors (Lipinski definition) is 4. The lowest BCUT2D eigenvalue weighted by atomic mass is 10.0. The highest BCUT2D eigenvalue weighted by Gasteiger charge is 2.41. The van der Waals surface area contributed by atoms with Crippen LogP contribution in [0, 0.1) is 0 Å². The summed E-state index contributed by atoms with van der Waals surface area (Å²) in [6.45, 7) is 0.460. The van der Waals surface area contributed by atoms with Crippen molar-refractivity contribution in [1.29, 1.82) is 0 Å². The van der Waals surface area contributed by atoms with Crippen molar-refractivity contribution >= 4 is 45.4 Å². The fourth-order valence-electron chi connectivity index (χ4n) is 5.52. The highest BCUT2D eigenvalue weighted by atomic mass is 32.1. The largest absolute Gasteiger partial charge is 0.378 e. The van der Waals surface area contributed by atoms with E-state index in [2.05, 4.69) is 72.6 Å². The smallest absolute Gasteiger partial charge is 0.226 e. The Bertz CT molecular complexity index is 1680. The number of fused-ring (bicyclic) bond motifs is 1. The highest BCUT2D eigenvalue weighted by molar-refractivity contribution is 7.80. The molecule has 7 nitrogen and oxygen atoms in total. The minimum absolute atomic E-state index is 0.0566. The van der Waals surface area contributed by atoms with Crippen LogP contribution < -0.4 is 15.5 Å². The molecule has 1 aliphatic rings. The van der Waals surface area contributed by atoms with Crippen LogP contribution in [0.25, 0.3) is 16.5 Å². The summed E-state index contributed by atoms with van der Waals surface area (Å²) in [6, 6.07) is 32.2. The van der Waals surface area contributed by atoms with E-state index in [0.29, 0.717) is 11.7 Å². The van der Waals surface area contributed by atoms with E-state index < -0.39 is 0 Å². The maximum Gasteiger partial charge on any atom is 0.226 e. The topological polar surface area (TPSA) is 65.4 Å². The van der Waals surface area contributed by atoms with Crippen LogP contribution in [-0.4, -0.2) is 46.1 Å². The predicted molar refractivity (Wildman–Crippen MR) is 169 cm³/mol. The van der Waals surface area contributed by atoms with Crippen molar-refractivity contribution in [2.24, 2.45) is 0 Å². The van der Waals surface area contributed by atoms with Gasteiger partial charge >= 0.3 is 0 Å². The summed E-state index contributed by atoms with van der Waals surface area (Å²) in [6.07, 6.45) is 4.16. The lowest BCUT2D eigenvalue weighted by molar-refractivity contribution is -0.116. The summed E-state index contributed by atoms with van der Waals surface area (Å²) >= 11 is 5.86. The van der Waals surface area contributed by atoms with E-state index in [9.17, 15) is 4.79 Å². The molecule has 0 aliphatic carbocycles. The number of pyridine rings is 1. The molecule has 0 radical (unpaired) electrons. The van der Waals surface area contributed by atoms with Crippen LogP contribution in [0.1, 0.15) is 29.9 Å². The summed E-state index contributed by atoms with van der Waals surface area (Å²) < 4.78 is 2.19. The van der Waals surface area contributed by atoms with Gasteiger partial charge in [0.05, 0.1) is 17.8 Å². The van der Waals surface area contributed by atoms with Crippen LogP contribution in [0.4, 0.5) is 11.4 Å². The molecule has 2 atom stereocenters. The Morgan fingerprint density at radius 3 is 2.51 bits per heavy atom. The minimum Gasteiger partial charge on any atom is -0.378 e. The third kappa shape index (κ3) is 5.38. The van der Waals surface area contributed by atoms with E-state index in [1.807, 2.05) is 74.8 Å². The summed E-state index contributed by atoms with van der Waals surface area (Å²) in [5.74, 6) is -0.0566. The molecule has 1 aliphatic heterocycles. The number of aromatic nitrogens is 2. The van der Waals surface area contributed by atoms with Crippen LogP contribution in [0.15, 0.2) is 109 Å². The van der Waals surface area contributed by atoms with Crippen molar-refractivity contribution in [3.8, 4) is 5.69 Å². The molecule has 2 aromatic heterocycles. The van der Waals surface area contributed by atoms with Crippen LogP contribution in [0.2, 0.25) is 0 Å². The fourth-order valence-corrected chi connectivity index (χ4v) is 5.85. The van der Waals surface area contributed by atoms with Crippen molar-refractivity contribution in [2.75, 3.05) is 30.9 Å². The molecule has 2 unspecified atom stereocenters. The Balaban J connectivity index is 1.28. The van der Waals surface area contributed by atoms with Crippen LogP contribution in [0.3, 0.4) is 0 Å². The van der Waals surface area contributed by atoms with Gasteiger partial charge < -0.3 is 25.0 Å². The number of carbonyl (C=O) groups excluding carboxylic acids is 1. The molecule has 1 fully saturated rings. The lowest BCUT2D eigenvalue weighted by Crippen LogP contribution is -2.33. The molecule has 41 heavy (non-hydrogen) atoms. The molecule has 3 aromatic carbocycles. The van der Waals surface area contributed by atoms with Gasteiger partial charge in [0, 0.05) is 67.6 Å². The minimum atomic E-state index is -0.167. The Labute approximate surface area is 245 Å². The Kier molecular flexibility index (Phi) is 7.39. The number of thiocarbonyl (C=S) groups is 1. The molecule has 0 saturated carbocycles. The third-order valence-corrected chi connectivity index (χ3v) is 7.92. The number of nitrogens with one attached hydrogen (secondary N) is 2. The third-order valence-electron chi connectivity index (χ3n) is 7.57. The summed E-state index contributed by atoms with van der Waals surface area (Å²) in [5, 5.41) is 9.34. The molecule has 2 N–H and O–H groups in total. The second-order valence-electron chi connectivity index (χ2n) is 10.4. The van der Waals surface area contributed by atoms with Crippen molar-refractivity contribution < 1.29 is 4.79 Å². The van der Waals surface area contributed by atoms with Crippen molar-refractivity contribution in [3.05, 3.63) is 121 Å². The van der Waals surface area contributed by atoms with Gasteiger partial charge in [0.15, 0.2) is 5.11 Å². The Morgan fingerprint density at radius 1 is 0.951 bits per heavy atom. The zero-order valence-corrected chi connectivity index (χ0v) is 23.9. The quantitative estimate of drug-likeness (QED) is 0.224. The van der Waals surface area contributed by atoms with E-state index in [0.717, 1.165) is 39.2 Å². The number of hydrogen-bond donors (Lipinski definition) is 2. The number of amides is 1. The van der Waals surface area contributed by atoms with E-state index in [4.69, 9.17) is 12.2 Å². The summed E-state index contributed by atoms with van der Waals surface area (Å²) in [4.78, 5) is 22.1. The zero-order valence-electron chi connectivity index (χ0n) is 23.1. The van der Waals surface area contributed by atoms with Gasteiger partial charge in [-0.25, -0.2) is 0 Å². The molecule has 0 bridgehead atoms. The first-order valence-electron chi connectivity index (χ1n) is 13.7. The lowest BCUT2D eigenvalue weighted by Gasteiger charge is -2.29. The van der Waals surface area contributed by atoms with Gasteiger partial charge in [0.2, 0.25) is 5.91 Å². The van der Waals surface area contributed by atoms with Gasteiger partial charge in [0.1, 0.15) is 0 Å². The van der Waals surface area contributed by atoms with Gasteiger partial charge in [0.25, 0.3) is 0 Å².